The van der Waals surface area contributed by atoms with Gasteiger partial charge >= 0.3 is 0 Å². The van der Waals surface area contributed by atoms with Gasteiger partial charge in [0.15, 0.2) is 0 Å². The Bertz CT molecular complexity index is 643. The van der Waals surface area contributed by atoms with Gasteiger partial charge in [0.25, 0.3) is 0 Å². The van der Waals surface area contributed by atoms with E-state index in [1.807, 2.05) is 0 Å². The first-order chi connectivity index (χ1) is 15.1. The van der Waals surface area contributed by atoms with Crippen LogP contribution in [-0.4, -0.2) is 34.5 Å². The van der Waals surface area contributed by atoms with E-state index >= 15 is 0 Å². The fourth-order valence-electron chi connectivity index (χ4n) is 9.44. The number of aliphatic hydroxyl groups excluding tert-OH is 2. The molecule has 4 aliphatic carbocycles. The highest BCUT2D eigenvalue weighted by Crippen LogP contribution is 2.55. The predicted octanol–water partition coefficient (Wildman–Crippen LogP) is 5.78. The van der Waals surface area contributed by atoms with Crippen molar-refractivity contribution in [3.63, 3.8) is 0 Å². The molecular weight excluding hydrogens is 394 g/mol. The van der Waals surface area contributed by atoms with Crippen LogP contribution in [-0.2, 0) is 0 Å². The summed E-state index contributed by atoms with van der Waals surface area (Å²) in [6.07, 6.45) is 13.4. The van der Waals surface area contributed by atoms with Gasteiger partial charge in [0, 0.05) is 18.0 Å². The number of fused-ring (bicyclic) bond motifs is 3. The molecule has 5 fully saturated rings. The molecule has 3 N–H and O–H groups in total. The molecule has 0 amide bonds. The first-order valence-corrected chi connectivity index (χ1v) is 14.2. The maximum atomic E-state index is 11.3. The largest absolute Gasteiger partial charge is 0.392 e. The molecule has 9 unspecified atom stereocenters. The molecule has 0 spiro atoms. The van der Waals surface area contributed by atoms with Gasteiger partial charge in [0.05, 0.1) is 12.2 Å². The lowest BCUT2D eigenvalue weighted by molar-refractivity contribution is 0.0143. The highest BCUT2D eigenvalue weighted by molar-refractivity contribution is 5.08. The molecule has 184 valence electrons. The molecule has 0 radical (unpaired) electrons. The Labute approximate surface area is 197 Å². The number of rotatable bonds is 3. The van der Waals surface area contributed by atoms with Gasteiger partial charge in [-0.25, -0.2) is 0 Å². The second-order valence-corrected chi connectivity index (χ2v) is 14.5. The second kappa shape index (κ2) is 8.52. The van der Waals surface area contributed by atoms with Crippen molar-refractivity contribution in [2.45, 2.75) is 130 Å². The SMILES string of the molecule is CC(C)(C)C1CCC2N[C@H](CCC3C(O)C4CC5CCCC[C@H]5CC4C3O)C(C)(C)C2C1. The Morgan fingerprint density at radius 2 is 1.41 bits per heavy atom. The first kappa shape index (κ1) is 23.6. The summed E-state index contributed by atoms with van der Waals surface area (Å²) in [6.45, 7) is 12.2. The molecule has 0 bridgehead atoms. The average Bonchev–Trinajstić information content (AvgIpc) is 3.13. The van der Waals surface area contributed by atoms with Gasteiger partial charge in [0.2, 0.25) is 0 Å². The van der Waals surface area contributed by atoms with Crippen molar-refractivity contribution in [1.82, 2.24) is 5.32 Å². The highest BCUT2D eigenvalue weighted by Gasteiger charge is 2.55. The lowest BCUT2D eigenvalue weighted by Crippen LogP contribution is -2.39. The Balaban J connectivity index is 1.22. The van der Waals surface area contributed by atoms with E-state index in [-0.39, 0.29) is 18.1 Å². The van der Waals surface area contributed by atoms with Gasteiger partial charge in [-0.15, -0.1) is 0 Å². The van der Waals surface area contributed by atoms with E-state index in [2.05, 4.69) is 39.9 Å². The zero-order valence-electron chi connectivity index (χ0n) is 21.5. The van der Waals surface area contributed by atoms with E-state index < -0.39 is 0 Å². The van der Waals surface area contributed by atoms with Crippen LogP contribution in [0.5, 0.6) is 0 Å². The molecule has 5 rings (SSSR count). The summed E-state index contributed by atoms with van der Waals surface area (Å²) in [5.74, 6) is 4.03. The molecule has 32 heavy (non-hydrogen) atoms. The summed E-state index contributed by atoms with van der Waals surface area (Å²) in [6, 6.07) is 1.18. The molecule has 0 aromatic rings. The second-order valence-electron chi connectivity index (χ2n) is 14.5. The van der Waals surface area contributed by atoms with Crippen LogP contribution >= 0.6 is 0 Å². The van der Waals surface area contributed by atoms with E-state index in [1.54, 1.807) is 0 Å². The van der Waals surface area contributed by atoms with Crippen molar-refractivity contribution in [2.24, 2.45) is 52.3 Å². The standard InChI is InChI=1S/C29H51NO2/c1-28(2,3)19-10-12-24-23(16-19)29(4,5)25(30-24)13-11-20-26(31)21-14-17-8-6-7-9-18(17)15-22(21)27(20)32/h17-27,30-32H,6-16H2,1-5H3/t17-,18?,19?,20?,21?,22?,23?,24?,25+,26?,27?/m0/s1. The van der Waals surface area contributed by atoms with Crippen molar-refractivity contribution in [2.75, 3.05) is 0 Å². The molecule has 4 saturated carbocycles. The smallest absolute Gasteiger partial charge is 0.0625 e. The first-order valence-electron chi connectivity index (χ1n) is 14.2. The van der Waals surface area contributed by atoms with Crippen LogP contribution in [0.15, 0.2) is 0 Å². The van der Waals surface area contributed by atoms with Crippen molar-refractivity contribution in [3.05, 3.63) is 0 Å². The van der Waals surface area contributed by atoms with Gasteiger partial charge in [-0.05, 0) is 91.3 Å². The average molecular weight is 446 g/mol. The van der Waals surface area contributed by atoms with Crippen molar-refractivity contribution >= 4 is 0 Å². The molecule has 5 aliphatic rings. The molecule has 3 heteroatoms. The summed E-state index contributed by atoms with van der Waals surface area (Å²) < 4.78 is 0. The minimum absolute atomic E-state index is 0.0905. The van der Waals surface area contributed by atoms with Gasteiger partial charge in [-0.1, -0.05) is 60.3 Å². The van der Waals surface area contributed by atoms with Crippen molar-refractivity contribution < 1.29 is 10.2 Å². The Hall–Kier alpha value is -0.120. The van der Waals surface area contributed by atoms with E-state index in [1.165, 1.54) is 57.8 Å². The van der Waals surface area contributed by atoms with Crippen molar-refractivity contribution in [1.29, 1.82) is 0 Å². The van der Waals surface area contributed by atoms with E-state index in [0.717, 1.165) is 36.5 Å². The molecule has 1 aliphatic heterocycles. The van der Waals surface area contributed by atoms with Crippen LogP contribution < -0.4 is 5.32 Å². The van der Waals surface area contributed by atoms with Crippen LogP contribution in [0.1, 0.15) is 105 Å². The van der Waals surface area contributed by atoms with Crippen LogP contribution in [0.2, 0.25) is 0 Å². The highest BCUT2D eigenvalue weighted by atomic mass is 16.3. The van der Waals surface area contributed by atoms with E-state index in [4.69, 9.17) is 0 Å². The molecule has 1 saturated heterocycles. The third kappa shape index (κ3) is 4.01. The Morgan fingerprint density at radius 1 is 0.812 bits per heavy atom. The Morgan fingerprint density at radius 3 is 1.97 bits per heavy atom. The van der Waals surface area contributed by atoms with Gasteiger partial charge in [0.1, 0.15) is 0 Å². The molecule has 3 nitrogen and oxygen atoms in total. The quantitative estimate of drug-likeness (QED) is 0.516. The topological polar surface area (TPSA) is 52.5 Å². The molecule has 0 aromatic carbocycles. The fraction of sp³-hybridized carbons (Fsp3) is 1.00. The minimum atomic E-state index is -0.282. The lowest BCUT2D eigenvalue weighted by atomic mass is 9.61. The van der Waals surface area contributed by atoms with Gasteiger partial charge in [-0.3, -0.25) is 0 Å². The zero-order chi connectivity index (χ0) is 22.8. The number of hydrogen-bond acceptors (Lipinski definition) is 3. The van der Waals surface area contributed by atoms with Gasteiger partial charge < -0.3 is 15.5 Å². The molecule has 0 aromatic heterocycles. The third-order valence-corrected chi connectivity index (χ3v) is 11.7. The molecular formula is C29H51NO2. The maximum absolute atomic E-state index is 11.3. The Kier molecular flexibility index (Phi) is 6.29. The summed E-state index contributed by atoms with van der Waals surface area (Å²) in [5.41, 5.74) is 0.704. The number of aliphatic hydroxyl groups is 2. The molecule has 1 heterocycles. The number of hydrogen-bond donors (Lipinski definition) is 3. The lowest BCUT2D eigenvalue weighted by Gasteiger charge is -2.43. The maximum Gasteiger partial charge on any atom is 0.0625 e. The monoisotopic (exact) mass is 445 g/mol. The summed E-state index contributed by atoms with van der Waals surface area (Å²) in [7, 11) is 0. The number of nitrogens with one attached hydrogen (secondary N) is 1. The zero-order valence-corrected chi connectivity index (χ0v) is 21.5. The van der Waals surface area contributed by atoms with E-state index in [9.17, 15) is 10.2 Å². The van der Waals surface area contributed by atoms with E-state index in [0.29, 0.717) is 34.7 Å². The normalized spacial score (nSPS) is 50.5. The van der Waals surface area contributed by atoms with Crippen LogP contribution in [0, 0.1) is 52.3 Å². The van der Waals surface area contributed by atoms with Crippen molar-refractivity contribution in [3.8, 4) is 0 Å². The van der Waals surface area contributed by atoms with Crippen LogP contribution in [0.25, 0.3) is 0 Å². The van der Waals surface area contributed by atoms with Crippen LogP contribution in [0.4, 0.5) is 0 Å². The summed E-state index contributed by atoms with van der Waals surface area (Å²) in [4.78, 5) is 0. The summed E-state index contributed by atoms with van der Waals surface area (Å²) >= 11 is 0. The summed E-state index contributed by atoms with van der Waals surface area (Å²) in [5, 5.41) is 26.6. The molecule has 11 atom stereocenters. The minimum Gasteiger partial charge on any atom is -0.392 e. The predicted molar refractivity (Wildman–Crippen MR) is 131 cm³/mol. The van der Waals surface area contributed by atoms with Crippen LogP contribution in [0.3, 0.4) is 0 Å². The fourth-order valence-corrected chi connectivity index (χ4v) is 9.44. The van der Waals surface area contributed by atoms with Gasteiger partial charge in [-0.2, -0.15) is 0 Å². The third-order valence-electron chi connectivity index (χ3n) is 11.7.